The second-order valence-corrected chi connectivity index (χ2v) is 5.99. The summed E-state index contributed by atoms with van der Waals surface area (Å²) in [5.41, 5.74) is 3.47. The summed E-state index contributed by atoms with van der Waals surface area (Å²) in [5.74, 6) is -0.375. The van der Waals surface area contributed by atoms with Gasteiger partial charge in [-0.3, -0.25) is 4.68 Å². The van der Waals surface area contributed by atoms with Gasteiger partial charge in [-0.2, -0.15) is 5.10 Å². The van der Waals surface area contributed by atoms with E-state index in [0.29, 0.717) is 28.6 Å². The van der Waals surface area contributed by atoms with Crippen LogP contribution in [-0.4, -0.2) is 9.78 Å². The van der Waals surface area contributed by atoms with Crippen LogP contribution in [-0.2, 0) is 13.0 Å². The molecular weight excluding hydrogens is 310 g/mol. The van der Waals surface area contributed by atoms with Crippen molar-refractivity contribution in [2.24, 2.45) is 0 Å². The zero-order valence-electron chi connectivity index (χ0n) is 11.4. The molecule has 0 N–H and O–H groups in total. The molecule has 1 aliphatic rings. The summed E-state index contributed by atoms with van der Waals surface area (Å²) >= 11 is 12.1. The van der Waals surface area contributed by atoms with Gasteiger partial charge in [-0.1, -0.05) is 29.3 Å². The Morgan fingerprint density at radius 3 is 2.86 bits per heavy atom. The molecule has 5 heteroatoms. The van der Waals surface area contributed by atoms with Crippen molar-refractivity contribution in [1.82, 2.24) is 9.78 Å². The molecule has 0 fully saturated rings. The van der Waals surface area contributed by atoms with Crippen molar-refractivity contribution in [2.45, 2.75) is 25.8 Å². The van der Waals surface area contributed by atoms with E-state index in [1.54, 1.807) is 23.0 Å². The first-order valence-electron chi connectivity index (χ1n) is 6.76. The molecule has 1 heterocycles. The van der Waals surface area contributed by atoms with Gasteiger partial charge in [-0.25, -0.2) is 4.39 Å². The molecule has 0 saturated carbocycles. The lowest BCUT2D eigenvalue weighted by Crippen LogP contribution is -2.11. The minimum atomic E-state index is -0.375. The van der Waals surface area contributed by atoms with Crippen molar-refractivity contribution in [1.29, 1.82) is 0 Å². The highest BCUT2D eigenvalue weighted by Gasteiger charge is 2.22. The van der Waals surface area contributed by atoms with E-state index in [2.05, 4.69) is 12.0 Å². The Morgan fingerprint density at radius 2 is 2.14 bits per heavy atom. The summed E-state index contributed by atoms with van der Waals surface area (Å²) in [5, 5.41) is 5.57. The SMILES string of the molecule is [CH2]/C(F)=C1/CCCc2cnn(Cc3ccc(Cl)cc3Cl)c21. The number of rotatable bonds is 2. The predicted molar refractivity (Wildman–Crippen MR) is 84.1 cm³/mol. The van der Waals surface area contributed by atoms with E-state index in [4.69, 9.17) is 23.2 Å². The molecule has 0 amide bonds. The fourth-order valence-corrected chi connectivity index (χ4v) is 3.19. The van der Waals surface area contributed by atoms with Crippen LogP contribution in [0.4, 0.5) is 4.39 Å². The largest absolute Gasteiger partial charge is 0.260 e. The van der Waals surface area contributed by atoms with E-state index in [1.807, 2.05) is 6.07 Å². The highest BCUT2D eigenvalue weighted by atomic mass is 35.5. The first kappa shape index (κ1) is 14.6. The number of halogens is 3. The molecule has 0 unspecified atom stereocenters. The topological polar surface area (TPSA) is 17.8 Å². The van der Waals surface area contributed by atoms with Crippen LogP contribution in [0, 0.1) is 6.92 Å². The maximum Gasteiger partial charge on any atom is 0.106 e. The second-order valence-electron chi connectivity index (χ2n) is 5.15. The lowest BCUT2D eigenvalue weighted by atomic mass is 9.92. The third kappa shape index (κ3) is 2.85. The maximum absolute atomic E-state index is 13.7. The molecule has 109 valence electrons. The van der Waals surface area contributed by atoms with E-state index in [1.165, 1.54) is 0 Å². The molecule has 0 atom stereocenters. The summed E-state index contributed by atoms with van der Waals surface area (Å²) in [6.07, 6.45) is 4.35. The standard InChI is InChI=1S/C16H14Cl2FN2/c1-10(19)14-4-2-3-11-8-20-21(16(11)14)9-12-5-6-13(17)7-15(12)18/h5-8H,1-4,9H2/b14-10+. The fourth-order valence-electron chi connectivity index (χ4n) is 2.73. The minimum Gasteiger partial charge on any atom is -0.260 e. The Labute approximate surface area is 133 Å². The molecule has 1 aromatic carbocycles. The van der Waals surface area contributed by atoms with Crippen molar-refractivity contribution >= 4 is 28.8 Å². The number of allylic oxidation sites excluding steroid dienone is 2. The molecule has 2 aromatic rings. The summed E-state index contributed by atoms with van der Waals surface area (Å²) in [4.78, 5) is 0. The number of nitrogens with zero attached hydrogens (tertiary/aromatic N) is 2. The summed E-state index contributed by atoms with van der Waals surface area (Å²) in [7, 11) is 0. The molecular formula is C16H14Cl2FN2. The molecule has 1 aromatic heterocycles. The van der Waals surface area contributed by atoms with E-state index < -0.39 is 0 Å². The van der Waals surface area contributed by atoms with Crippen molar-refractivity contribution in [2.75, 3.05) is 0 Å². The molecule has 21 heavy (non-hydrogen) atoms. The van der Waals surface area contributed by atoms with E-state index in [9.17, 15) is 4.39 Å². The molecule has 0 aliphatic heterocycles. The number of hydrogen-bond donors (Lipinski definition) is 0. The van der Waals surface area contributed by atoms with E-state index in [0.717, 1.165) is 29.7 Å². The quantitative estimate of drug-likeness (QED) is 0.752. The van der Waals surface area contributed by atoms with Gasteiger partial charge in [-0.15, -0.1) is 0 Å². The highest BCUT2D eigenvalue weighted by Crippen LogP contribution is 2.34. The lowest BCUT2D eigenvalue weighted by Gasteiger charge is -2.18. The first-order chi connectivity index (χ1) is 10.1. The first-order valence-corrected chi connectivity index (χ1v) is 7.51. The third-order valence-corrected chi connectivity index (χ3v) is 4.32. The lowest BCUT2D eigenvalue weighted by molar-refractivity contribution is 0.635. The van der Waals surface area contributed by atoms with Crippen LogP contribution in [0.3, 0.4) is 0 Å². The van der Waals surface area contributed by atoms with Gasteiger partial charge in [0.05, 0.1) is 18.4 Å². The van der Waals surface area contributed by atoms with Crippen molar-refractivity contribution in [3.8, 4) is 0 Å². The Hall–Kier alpha value is -1.32. The number of benzene rings is 1. The van der Waals surface area contributed by atoms with E-state index >= 15 is 0 Å². The van der Waals surface area contributed by atoms with Gasteiger partial charge in [-0.05, 0) is 42.5 Å². The predicted octanol–water partition coefficient (Wildman–Crippen LogP) is 5.09. The number of aromatic nitrogens is 2. The molecule has 1 aliphatic carbocycles. The third-order valence-electron chi connectivity index (χ3n) is 3.74. The number of aryl methyl sites for hydroxylation is 1. The van der Waals surface area contributed by atoms with Crippen LogP contribution >= 0.6 is 23.2 Å². The van der Waals surface area contributed by atoms with Gasteiger partial charge in [0, 0.05) is 22.5 Å². The summed E-state index contributed by atoms with van der Waals surface area (Å²) in [6.45, 7) is 3.93. The van der Waals surface area contributed by atoms with Gasteiger partial charge >= 0.3 is 0 Å². The molecule has 1 radical (unpaired) electrons. The summed E-state index contributed by atoms with van der Waals surface area (Å²) in [6, 6.07) is 5.36. The van der Waals surface area contributed by atoms with Crippen molar-refractivity contribution < 1.29 is 4.39 Å². The highest BCUT2D eigenvalue weighted by molar-refractivity contribution is 6.35. The number of hydrogen-bond acceptors (Lipinski definition) is 1. The average molecular weight is 324 g/mol. The zero-order chi connectivity index (χ0) is 15.0. The van der Waals surface area contributed by atoms with Crippen LogP contribution in [0.25, 0.3) is 5.57 Å². The fraction of sp³-hybridized carbons (Fsp3) is 0.250. The smallest absolute Gasteiger partial charge is 0.106 e. The van der Waals surface area contributed by atoms with Gasteiger partial charge in [0.2, 0.25) is 0 Å². The van der Waals surface area contributed by atoms with Crippen molar-refractivity contribution in [3.05, 3.63) is 64.0 Å². The Morgan fingerprint density at radius 1 is 1.33 bits per heavy atom. The minimum absolute atomic E-state index is 0.375. The Bertz CT molecular complexity index is 715. The normalized spacial score (nSPS) is 16.8. The van der Waals surface area contributed by atoms with Crippen LogP contribution in [0.5, 0.6) is 0 Å². The van der Waals surface area contributed by atoms with Crippen LogP contribution in [0.15, 0.2) is 30.2 Å². The average Bonchev–Trinajstić information content (AvgIpc) is 2.85. The van der Waals surface area contributed by atoms with Gasteiger partial charge in [0.1, 0.15) is 5.83 Å². The number of fused-ring (bicyclic) bond motifs is 1. The second kappa shape index (κ2) is 5.82. The monoisotopic (exact) mass is 323 g/mol. The van der Waals surface area contributed by atoms with E-state index in [-0.39, 0.29) is 5.83 Å². The van der Waals surface area contributed by atoms with Gasteiger partial charge < -0.3 is 0 Å². The van der Waals surface area contributed by atoms with Crippen LogP contribution in [0.2, 0.25) is 10.0 Å². The molecule has 0 spiro atoms. The molecule has 3 rings (SSSR count). The van der Waals surface area contributed by atoms with Gasteiger partial charge in [0.25, 0.3) is 0 Å². The summed E-state index contributed by atoms with van der Waals surface area (Å²) < 4.78 is 15.5. The van der Waals surface area contributed by atoms with Crippen molar-refractivity contribution in [3.63, 3.8) is 0 Å². The molecule has 2 nitrogen and oxygen atoms in total. The maximum atomic E-state index is 13.7. The zero-order valence-corrected chi connectivity index (χ0v) is 12.9. The Balaban J connectivity index is 2.01. The van der Waals surface area contributed by atoms with Crippen LogP contribution in [0.1, 0.15) is 29.7 Å². The Kier molecular flexibility index (Phi) is 4.05. The van der Waals surface area contributed by atoms with Gasteiger partial charge in [0.15, 0.2) is 0 Å². The molecule has 0 bridgehead atoms. The molecule has 0 saturated heterocycles. The van der Waals surface area contributed by atoms with Crippen LogP contribution < -0.4 is 0 Å².